The molecule has 1 fully saturated rings. The molecule has 31 heavy (non-hydrogen) atoms. The summed E-state index contributed by atoms with van der Waals surface area (Å²) in [6.45, 7) is 2.97. The number of hydrogen-bond acceptors (Lipinski definition) is 8. The number of aromatic amines is 1. The number of hydrogen-bond donors (Lipinski definition) is 2. The summed E-state index contributed by atoms with van der Waals surface area (Å²) in [7, 11) is 1.76. The Kier molecular flexibility index (Phi) is 5.06. The number of aromatic nitrogens is 6. The van der Waals surface area contributed by atoms with Crippen molar-refractivity contribution in [3.05, 3.63) is 30.4 Å². The Hall–Kier alpha value is -3.40. The molecule has 10 heteroatoms. The Labute approximate surface area is 179 Å². The zero-order chi connectivity index (χ0) is 21.4. The van der Waals surface area contributed by atoms with Gasteiger partial charge in [0.15, 0.2) is 17.5 Å². The van der Waals surface area contributed by atoms with Crippen LogP contribution in [0.2, 0.25) is 0 Å². The van der Waals surface area contributed by atoms with Crippen molar-refractivity contribution in [2.24, 2.45) is 5.92 Å². The molecule has 3 aromatic heterocycles. The van der Waals surface area contributed by atoms with E-state index >= 15 is 0 Å². The maximum Gasteiger partial charge on any atom is 0.245 e. The van der Waals surface area contributed by atoms with Gasteiger partial charge >= 0.3 is 0 Å². The molecule has 4 heterocycles. The van der Waals surface area contributed by atoms with E-state index < -0.39 is 0 Å². The van der Waals surface area contributed by atoms with E-state index in [9.17, 15) is 4.79 Å². The third kappa shape index (κ3) is 3.86. The predicted molar refractivity (Wildman–Crippen MR) is 114 cm³/mol. The van der Waals surface area contributed by atoms with Crippen molar-refractivity contribution in [2.45, 2.75) is 32.3 Å². The lowest BCUT2D eigenvalue weighted by Gasteiger charge is -2.31. The van der Waals surface area contributed by atoms with Crippen molar-refractivity contribution < 1.29 is 9.53 Å². The molecule has 0 radical (unpaired) electrons. The highest BCUT2D eigenvalue weighted by atomic mass is 16.5. The first-order valence-corrected chi connectivity index (χ1v) is 10.4. The number of nitrogens with zero attached hydrogens (tertiary/aromatic N) is 6. The average Bonchev–Trinajstić information content (AvgIpc) is 3.46. The van der Waals surface area contributed by atoms with E-state index in [1.165, 1.54) is 6.33 Å². The van der Waals surface area contributed by atoms with Gasteiger partial charge in [-0.1, -0.05) is 0 Å². The van der Waals surface area contributed by atoms with Crippen LogP contribution in [0.3, 0.4) is 0 Å². The minimum absolute atomic E-state index is 0.0647. The molecule has 2 N–H and O–H groups in total. The first kappa shape index (κ1) is 19.6. The van der Waals surface area contributed by atoms with Gasteiger partial charge in [0.2, 0.25) is 5.91 Å². The Balaban J connectivity index is 1.44. The summed E-state index contributed by atoms with van der Waals surface area (Å²) in [6.07, 6.45) is 6.59. The monoisotopic (exact) mass is 420 g/mol. The van der Waals surface area contributed by atoms with Gasteiger partial charge in [-0.3, -0.25) is 9.89 Å². The quantitative estimate of drug-likeness (QED) is 0.644. The Morgan fingerprint density at radius 2 is 2.10 bits per heavy atom. The largest absolute Gasteiger partial charge is 0.381 e. The first-order chi connectivity index (χ1) is 15.1. The second-order valence-electron chi connectivity index (χ2n) is 8.06. The third-order valence-electron chi connectivity index (χ3n) is 5.97. The zero-order valence-corrected chi connectivity index (χ0v) is 17.5. The molecule has 0 aromatic carbocycles. The number of carbonyl (C=O) groups is 1. The highest BCUT2D eigenvalue weighted by molar-refractivity contribution is 5.99. The molecule has 3 aromatic rings. The van der Waals surface area contributed by atoms with Crippen molar-refractivity contribution in [3.63, 3.8) is 0 Å². The molecule has 1 amide bonds. The van der Waals surface area contributed by atoms with Gasteiger partial charge in [-0.15, -0.1) is 0 Å². The van der Waals surface area contributed by atoms with Crippen molar-refractivity contribution in [2.75, 3.05) is 30.4 Å². The van der Waals surface area contributed by atoms with E-state index in [-0.39, 0.29) is 12.5 Å². The van der Waals surface area contributed by atoms with Crippen molar-refractivity contribution >= 4 is 17.5 Å². The molecule has 5 rings (SSSR count). The lowest BCUT2D eigenvalue weighted by molar-refractivity contribution is -0.115. The smallest absolute Gasteiger partial charge is 0.245 e. The molecule has 0 spiro atoms. The van der Waals surface area contributed by atoms with Crippen LogP contribution in [0.1, 0.15) is 25.0 Å². The van der Waals surface area contributed by atoms with Gasteiger partial charge in [0.1, 0.15) is 12.0 Å². The molecular weight excluding hydrogens is 396 g/mol. The fourth-order valence-electron chi connectivity index (χ4n) is 4.40. The Morgan fingerprint density at radius 3 is 2.84 bits per heavy atom. The third-order valence-corrected chi connectivity index (χ3v) is 5.97. The van der Waals surface area contributed by atoms with E-state index in [0.717, 1.165) is 42.8 Å². The Bertz CT molecular complexity index is 1100. The number of nitrogens with one attached hydrogen (secondary N) is 2. The molecular formula is C21H24N8O2. The van der Waals surface area contributed by atoms with E-state index in [0.29, 0.717) is 35.2 Å². The van der Waals surface area contributed by atoms with Crippen molar-refractivity contribution in [1.82, 2.24) is 30.1 Å². The maximum absolute atomic E-state index is 12.2. The standard InChI is InChI=1S/C21H24N8O2/c1-12-15(5-6-16(25-12)19-23-11-24-28-19)17-8-22-20-21(26-17)29(10-18(30)27-20)9-13-3-4-14(7-13)31-2/h5-6,8,11,13-14H,3-4,7,9-10H2,1-2H3,(H,22,27,30)(H,23,24,28)/t13-,14+/m1/s1. The maximum atomic E-state index is 12.2. The number of rotatable bonds is 5. The number of ether oxygens (including phenoxy) is 1. The van der Waals surface area contributed by atoms with Gasteiger partial charge in [-0.05, 0) is 44.2 Å². The van der Waals surface area contributed by atoms with Crippen LogP contribution in [0.5, 0.6) is 0 Å². The fraction of sp³-hybridized carbons (Fsp3) is 0.429. The topological polar surface area (TPSA) is 122 Å². The van der Waals surface area contributed by atoms with Crippen LogP contribution in [0, 0.1) is 12.8 Å². The summed E-state index contributed by atoms with van der Waals surface area (Å²) in [5.74, 6) is 2.23. The zero-order valence-electron chi connectivity index (χ0n) is 17.5. The van der Waals surface area contributed by atoms with Gasteiger partial charge in [-0.25, -0.2) is 19.9 Å². The van der Waals surface area contributed by atoms with Crippen LogP contribution in [0.15, 0.2) is 24.7 Å². The SMILES string of the molecule is CO[C@H]1CC[C@@H](CN2CC(=O)Nc3ncc(-c4ccc(-c5ncn[nH]5)nc4C)nc32)C1. The van der Waals surface area contributed by atoms with Gasteiger partial charge in [0, 0.05) is 24.9 Å². The molecule has 0 saturated heterocycles. The number of fused-ring (bicyclic) bond motifs is 1. The summed E-state index contributed by atoms with van der Waals surface area (Å²) in [5, 5.41) is 9.54. The summed E-state index contributed by atoms with van der Waals surface area (Å²) in [4.78, 5) is 32.4. The van der Waals surface area contributed by atoms with E-state index in [1.807, 2.05) is 24.0 Å². The molecule has 2 atom stereocenters. The molecule has 0 unspecified atom stereocenters. The van der Waals surface area contributed by atoms with Crippen LogP contribution in [-0.4, -0.2) is 62.3 Å². The normalized spacial score (nSPS) is 20.6. The molecule has 0 bridgehead atoms. The molecule has 2 aliphatic rings. The van der Waals surface area contributed by atoms with Crippen LogP contribution in [0.25, 0.3) is 22.8 Å². The number of carbonyl (C=O) groups excluding carboxylic acids is 1. The lowest BCUT2D eigenvalue weighted by Crippen LogP contribution is -2.41. The molecule has 160 valence electrons. The molecule has 10 nitrogen and oxygen atoms in total. The van der Waals surface area contributed by atoms with Crippen LogP contribution < -0.4 is 10.2 Å². The minimum Gasteiger partial charge on any atom is -0.381 e. The number of H-pyrrole nitrogens is 1. The number of methoxy groups -OCH3 is 1. The second kappa shape index (κ2) is 8.03. The van der Waals surface area contributed by atoms with E-state index in [2.05, 4.69) is 30.5 Å². The molecule has 1 aliphatic carbocycles. The van der Waals surface area contributed by atoms with E-state index in [4.69, 9.17) is 9.72 Å². The highest BCUT2D eigenvalue weighted by Gasteiger charge is 2.31. The summed E-state index contributed by atoms with van der Waals surface area (Å²) in [5.41, 5.74) is 3.13. The van der Waals surface area contributed by atoms with Gasteiger partial charge in [-0.2, -0.15) is 5.10 Å². The number of amides is 1. The number of pyridine rings is 1. The van der Waals surface area contributed by atoms with Crippen LogP contribution in [0.4, 0.5) is 11.6 Å². The Morgan fingerprint density at radius 1 is 1.19 bits per heavy atom. The highest BCUT2D eigenvalue weighted by Crippen LogP contribution is 2.34. The first-order valence-electron chi connectivity index (χ1n) is 10.4. The van der Waals surface area contributed by atoms with Gasteiger partial charge in [0.05, 0.1) is 24.5 Å². The predicted octanol–water partition coefficient (Wildman–Crippen LogP) is 2.21. The second-order valence-corrected chi connectivity index (χ2v) is 8.06. The van der Waals surface area contributed by atoms with Crippen LogP contribution in [-0.2, 0) is 9.53 Å². The number of anilines is 2. The summed E-state index contributed by atoms with van der Waals surface area (Å²) in [6, 6.07) is 3.84. The van der Waals surface area contributed by atoms with Crippen molar-refractivity contribution in [1.29, 1.82) is 0 Å². The molecule has 1 aliphatic heterocycles. The van der Waals surface area contributed by atoms with E-state index in [1.54, 1.807) is 13.3 Å². The lowest BCUT2D eigenvalue weighted by atomic mass is 10.1. The number of aryl methyl sites for hydroxylation is 1. The summed E-state index contributed by atoms with van der Waals surface area (Å²) < 4.78 is 5.50. The fourth-order valence-corrected chi connectivity index (χ4v) is 4.40. The van der Waals surface area contributed by atoms with Gasteiger partial charge in [0.25, 0.3) is 0 Å². The summed E-state index contributed by atoms with van der Waals surface area (Å²) >= 11 is 0. The van der Waals surface area contributed by atoms with Crippen LogP contribution >= 0.6 is 0 Å². The minimum atomic E-state index is -0.0647. The molecule has 1 saturated carbocycles. The average molecular weight is 420 g/mol. The van der Waals surface area contributed by atoms with Crippen molar-refractivity contribution in [3.8, 4) is 22.8 Å². The van der Waals surface area contributed by atoms with Gasteiger partial charge < -0.3 is 15.0 Å².